The van der Waals surface area contributed by atoms with Crippen LogP contribution in [-0.4, -0.2) is 23.0 Å². The van der Waals surface area contributed by atoms with E-state index in [0.717, 1.165) is 0 Å². The van der Waals surface area contributed by atoms with Gasteiger partial charge in [0.2, 0.25) is 0 Å². The number of halogens is 4. The summed E-state index contributed by atoms with van der Waals surface area (Å²) in [4.78, 5) is 19.5. The molecule has 0 radical (unpaired) electrons. The minimum absolute atomic E-state index is 0.0185. The molecule has 0 saturated heterocycles. The summed E-state index contributed by atoms with van der Waals surface area (Å²) < 4.78 is 33.4. The van der Waals surface area contributed by atoms with Crippen molar-refractivity contribution in [2.75, 3.05) is 13.2 Å². The molecule has 0 aliphatic rings. The van der Waals surface area contributed by atoms with Crippen molar-refractivity contribution in [1.29, 1.82) is 0 Å². The molecule has 0 aromatic heterocycles. The summed E-state index contributed by atoms with van der Waals surface area (Å²) in [6.45, 7) is 3.15. The van der Waals surface area contributed by atoms with Gasteiger partial charge in [0.15, 0.2) is 0 Å². The number of hydrogen-bond acceptors (Lipinski definition) is 4. The van der Waals surface area contributed by atoms with E-state index in [4.69, 9.17) is 55.5 Å². The Hall–Kier alpha value is 0.680. The van der Waals surface area contributed by atoms with Crippen LogP contribution in [0.3, 0.4) is 0 Å². The maximum Gasteiger partial charge on any atom is 0.332 e. The van der Waals surface area contributed by atoms with Gasteiger partial charge in [0.25, 0.3) is 0 Å². The monoisotopic (exact) mass is 458 g/mol. The Labute approximate surface area is 160 Å². The second kappa shape index (κ2) is 9.05. The van der Waals surface area contributed by atoms with Gasteiger partial charge in [-0.3, -0.25) is 9.13 Å². The smallest absolute Gasteiger partial charge is 0.324 e. The Kier molecular flexibility index (Phi) is 8.57. The SMILES string of the molecule is CCOP(=O)(O)Cc1c(Cl)c(Cl)c(CP(=O)(O)OCC)c(Cl)c1Cl. The molecule has 24 heavy (non-hydrogen) atoms. The summed E-state index contributed by atoms with van der Waals surface area (Å²) in [5.74, 6) is 0. The normalized spacial score (nSPS) is 16.7. The molecular weight excluding hydrogens is 444 g/mol. The molecule has 1 aromatic carbocycles. The molecule has 1 aromatic rings. The summed E-state index contributed by atoms with van der Waals surface area (Å²) in [5, 5.41) is -0.531. The summed E-state index contributed by atoms with van der Waals surface area (Å²) in [6.07, 6.45) is -0.999. The molecule has 0 aliphatic carbocycles. The highest BCUT2D eigenvalue weighted by molar-refractivity contribution is 7.52. The van der Waals surface area contributed by atoms with Gasteiger partial charge in [0.1, 0.15) is 0 Å². The van der Waals surface area contributed by atoms with Crippen LogP contribution in [0.25, 0.3) is 0 Å². The maximum absolute atomic E-state index is 11.9. The van der Waals surface area contributed by atoms with Gasteiger partial charge in [-0.2, -0.15) is 0 Å². The molecular formula is C12H16Cl4O6P2. The largest absolute Gasteiger partial charge is 0.332 e. The lowest BCUT2D eigenvalue weighted by Gasteiger charge is -2.19. The second-order valence-electron chi connectivity index (χ2n) is 4.64. The first-order valence-electron chi connectivity index (χ1n) is 6.72. The highest BCUT2D eigenvalue weighted by Crippen LogP contribution is 2.54. The predicted octanol–water partition coefficient (Wildman–Crippen LogP) is 5.74. The molecule has 0 aliphatic heterocycles. The van der Waals surface area contributed by atoms with E-state index < -0.39 is 27.5 Å². The van der Waals surface area contributed by atoms with Crippen LogP contribution in [0.5, 0.6) is 0 Å². The Balaban J connectivity index is 3.36. The molecule has 0 saturated carbocycles. The Morgan fingerprint density at radius 1 is 0.750 bits per heavy atom. The molecule has 12 heteroatoms. The Bertz CT molecular complexity index is 623. The zero-order chi connectivity index (χ0) is 18.7. The summed E-state index contributed by atoms with van der Waals surface area (Å²) in [7, 11) is -7.98. The summed E-state index contributed by atoms with van der Waals surface area (Å²) >= 11 is 24.5. The van der Waals surface area contributed by atoms with Crippen molar-refractivity contribution in [3.8, 4) is 0 Å². The number of hydrogen-bond donors (Lipinski definition) is 2. The minimum Gasteiger partial charge on any atom is -0.324 e. The molecule has 0 amide bonds. The summed E-state index contributed by atoms with van der Waals surface area (Å²) in [6, 6.07) is 0. The lowest BCUT2D eigenvalue weighted by atomic mass is 10.1. The number of rotatable bonds is 8. The van der Waals surface area contributed by atoms with Gasteiger partial charge in [-0.25, -0.2) is 0 Å². The van der Waals surface area contributed by atoms with E-state index in [1.807, 2.05) is 0 Å². The molecule has 0 fully saturated rings. The molecule has 0 spiro atoms. The predicted molar refractivity (Wildman–Crippen MR) is 96.8 cm³/mol. The van der Waals surface area contributed by atoms with Crippen LogP contribution in [0.4, 0.5) is 0 Å². The zero-order valence-electron chi connectivity index (χ0n) is 12.8. The summed E-state index contributed by atoms with van der Waals surface area (Å²) in [5.41, 5.74) is 0.0566. The molecule has 2 N–H and O–H groups in total. The fourth-order valence-electron chi connectivity index (χ4n) is 1.89. The van der Waals surface area contributed by atoms with E-state index in [1.54, 1.807) is 13.8 Å². The third-order valence-corrected chi connectivity index (χ3v) is 7.44. The fraction of sp³-hybridized carbons (Fsp3) is 0.500. The topological polar surface area (TPSA) is 93.1 Å². The first kappa shape index (κ1) is 22.7. The molecule has 6 nitrogen and oxygen atoms in total. The van der Waals surface area contributed by atoms with E-state index in [2.05, 4.69) is 0 Å². The van der Waals surface area contributed by atoms with Gasteiger partial charge in [-0.1, -0.05) is 46.4 Å². The van der Waals surface area contributed by atoms with Crippen LogP contribution < -0.4 is 0 Å². The van der Waals surface area contributed by atoms with E-state index >= 15 is 0 Å². The van der Waals surface area contributed by atoms with Gasteiger partial charge in [0.05, 0.1) is 45.6 Å². The Morgan fingerprint density at radius 3 is 1.21 bits per heavy atom. The maximum atomic E-state index is 11.9. The average Bonchev–Trinajstić information content (AvgIpc) is 2.46. The van der Waals surface area contributed by atoms with Crippen LogP contribution in [0.2, 0.25) is 20.1 Å². The molecule has 0 heterocycles. The van der Waals surface area contributed by atoms with E-state index in [-0.39, 0.29) is 44.4 Å². The minimum atomic E-state index is -3.99. The van der Waals surface area contributed by atoms with Gasteiger partial charge < -0.3 is 18.8 Å². The van der Waals surface area contributed by atoms with Crippen molar-refractivity contribution >= 4 is 61.6 Å². The zero-order valence-corrected chi connectivity index (χ0v) is 17.6. The molecule has 0 bridgehead atoms. The molecule has 2 atom stereocenters. The van der Waals surface area contributed by atoms with Gasteiger partial charge >= 0.3 is 15.2 Å². The van der Waals surface area contributed by atoms with Crippen molar-refractivity contribution in [3.05, 3.63) is 31.2 Å². The van der Waals surface area contributed by atoms with E-state index in [9.17, 15) is 18.9 Å². The third-order valence-electron chi connectivity index (χ3n) is 2.82. The van der Waals surface area contributed by atoms with Crippen LogP contribution in [0.15, 0.2) is 0 Å². The van der Waals surface area contributed by atoms with Crippen LogP contribution in [0.1, 0.15) is 25.0 Å². The van der Waals surface area contributed by atoms with Crippen molar-refractivity contribution in [3.63, 3.8) is 0 Å². The van der Waals surface area contributed by atoms with E-state index in [0.29, 0.717) is 0 Å². The first-order valence-corrected chi connectivity index (χ1v) is 11.8. The molecule has 1 rings (SSSR count). The molecule has 2 unspecified atom stereocenters. The standard InChI is InChI=1S/C12H16Cl4O6P2/c1-3-21-23(17,18)5-7-9(13)11(15)8(12(16)10(7)14)6-24(19,20)22-4-2/h3-6H2,1-2H3,(H,17,18)(H,19,20). The van der Waals surface area contributed by atoms with Crippen LogP contribution in [-0.2, 0) is 30.5 Å². The highest BCUT2D eigenvalue weighted by Gasteiger charge is 2.30. The van der Waals surface area contributed by atoms with Crippen molar-refractivity contribution in [1.82, 2.24) is 0 Å². The second-order valence-corrected chi connectivity index (χ2v) is 9.85. The average molecular weight is 460 g/mol. The third kappa shape index (κ3) is 5.85. The quantitative estimate of drug-likeness (QED) is 0.380. The highest BCUT2D eigenvalue weighted by atomic mass is 35.5. The fourth-order valence-corrected chi connectivity index (χ4v) is 5.89. The van der Waals surface area contributed by atoms with Crippen LogP contribution >= 0.6 is 61.6 Å². The molecule has 138 valence electrons. The lowest BCUT2D eigenvalue weighted by molar-refractivity contribution is 0.271. The van der Waals surface area contributed by atoms with Gasteiger partial charge in [-0.05, 0) is 13.8 Å². The van der Waals surface area contributed by atoms with Gasteiger partial charge in [-0.15, -0.1) is 0 Å². The lowest BCUT2D eigenvalue weighted by Crippen LogP contribution is -2.01. The van der Waals surface area contributed by atoms with Crippen molar-refractivity contribution < 1.29 is 28.0 Å². The number of benzene rings is 1. The van der Waals surface area contributed by atoms with Crippen molar-refractivity contribution in [2.45, 2.75) is 26.2 Å². The first-order chi connectivity index (χ1) is 11.0. The van der Waals surface area contributed by atoms with Crippen LogP contribution in [0, 0.1) is 0 Å². The van der Waals surface area contributed by atoms with E-state index in [1.165, 1.54) is 0 Å². The van der Waals surface area contributed by atoms with Gasteiger partial charge in [0, 0.05) is 11.1 Å². The Morgan fingerprint density at radius 2 is 1.00 bits per heavy atom. The van der Waals surface area contributed by atoms with Crippen molar-refractivity contribution in [2.24, 2.45) is 0 Å².